The van der Waals surface area contributed by atoms with E-state index in [9.17, 15) is 0 Å². The number of benzene rings is 10. The van der Waals surface area contributed by atoms with Crippen LogP contribution < -0.4 is 4.90 Å². The Hall–Kier alpha value is -8.73. The van der Waals surface area contributed by atoms with Crippen LogP contribution in [-0.4, -0.2) is 14.1 Å². The van der Waals surface area contributed by atoms with Crippen molar-refractivity contribution in [2.24, 2.45) is 0 Å². The number of fused-ring (bicyclic) bond motifs is 11. The summed E-state index contributed by atoms with van der Waals surface area (Å²) in [5.74, 6) is 0.843. The number of hydrogen-bond donors (Lipinski definition) is 0. The van der Waals surface area contributed by atoms with Crippen molar-refractivity contribution >= 4 is 82.3 Å². The van der Waals surface area contributed by atoms with Gasteiger partial charge in [0.15, 0.2) is 0 Å². The van der Waals surface area contributed by atoms with Crippen LogP contribution in [-0.2, 0) is 0 Å². The van der Waals surface area contributed by atoms with Gasteiger partial charge in [-0.25, -0.2) is 4.98 Å². The number of para-hydroxylation sites is 5. The molecule has 0 radical (unpaired) electrons. The first-order valence-corrected chi connectivity index (χ1v) is 22.2. The number of hydrogen-bond acceptors (Lipinski definition) is 2. The number of anilines is 3. The number of nitrogens with zero attached hydrogens (tertiary/aromatic N) is 4. The molecule has 0 N–H and O–H groups in total. The van der Waals surface area contributed by atoms with Gasteiger partial charge in [-0.2, -0.15) is 0 Å². The Bertz CT molecular complexity index is 3890. The van der Waals surface area contributed by atoms with Crippen LogP contribution >= 0.6 is 0 Å². The molecule has 0 aliphatic rings. The summed E-state index contributed by atoms with van der Waals surface area (Å²) in [7, 11) is 0. The van der Waals surface area contributed by atoms with Crippen molar-refractivity contribution in [3.8, 4) is 33.6 Å². The number of pyridine rings is 1. The fourth-order valence-corrected chi connectivity index (χ4v) is 10.4. The molecule has 0 bridgehead atoms. The van der Waals surface area contributed by atoms with Crippen molar-refractivity contribution in [2.45, 2.75) is 0 Å². The zero-order chi connectivity index (χ0) is 42.8. The molecule has 65 heavy (non-hydrogen) atoms. The molecule has 0 aliphatic carbocycles. The summed E-state index contributed by atoms with van der Waals surface area (Å²) in [5, 5.41) is 9.89. The third-order valence-corrected chi connectivity index (χ3v) is 13.1. The Morgan fingerprint density at radius 3 is 1.58 bits per heavy atom. The molecule has 10 aromatic carbocycles. The maximum absolute atomic E-state index is 4.97. The molecule has 13 aromatic rings. The summed E-state index contributed by atoms with van der Waals surface area (Å²) >= 11 is 0. The van der Waals surface area contributed by atoms with E-state index in [1.807, 2.05) is 12.3 Å². The van der Waals surface area contributed by atoms with E-state index in [0.29, 0.717) is 0 Å². The van der Waals surface area contributed by atoms with E-state index >= 15 is 0 Å². The van der Waals surface area contributed by atoms with Crippen molar-refractivity contribution in [3.05, 3.63) is 243 Å². The Balaban J connectivity index is 1.18. The molecule has 0 unspecified atom stereocenters. The van der Waals surface area contributed by atoms with Gasteiger partial charge in [-0.3, -0.25) is 4.90 Å². The third kappa shape index (κ3) is 5.81. The predicted molar refractivity (Wildman–Crippen MR) is 273 cm³/mol. The zero-order valence-corrected chi connectivity index (χ0v) is 35.4. The van der Waals surface area contributed by atoms with Crippen LogP contribution in [0.5, 0.6) is 0 Å². The molecule has 304 valence electrons. The molecule has 0 saturated heterocycles. The zero-order valence-electron chi connectivity index (χ0n) is 35.4. The van der Waals surface area contributed by atoms with Crippen LogP contribution in [0.1, 0.15) is 0 Å². The minimum Gasteiger partial charge on any atom is -0.309 e. The molecule has 3 aromatic heterocycles. The van der Waals surface area contributed by atoms with Gasteiger partial charge >= 0.3 is 0 Å². The first kappa shape index (κ1) is 36.9. The van der Waals surface area contributed by atoms with E-state index in [1.54, 1.807) is 0 Å². The molecular formula is C61H40N4. The molecule has 4 heteroatoms. The van der Waals surface area contributed by atoms with Crippen molar-refractivity contribution in [1.29, 1.82) is 0 Å². The molecule has 0 aliphatic heterocycles. The van der Waals surface area contributed by atoms with E-state index in [-0.39, 0.29) is 0 Å². The lowest BCUT2D eigenvalue weighted by Gasteiger charge is -2.26. The molecule has 0 saturated carbocycles. The van der Waals surface area contributed by atoms with Gasteiger partial charge in [0.1, 0.15) is 5.82 Å². The lowest BCUT2D eigenvalue weighted by Crippen LogP contribution is -2.11. The SMILES string of the molecule is c1ccc(N(c2cc(-c3cccc4c3c3ccccc3n4-c3ccccc3)cc(-c3cccc4c5c6ccccc6c6ccccc6c5n(-c5ccccc5)c34)c2)c2ccccn2)cc1. The highest BCUT2D eigenvalue weighted by molar-refractivity contribution is 6.33. The minimum absolute atomic E-state index is 0.843. The van der Waals surface area contributed by atoms with E-state index in [0.717, 1.165) is 50.8 Å². The molecule has 4 nitrogen and oxygen atoms in total. The maximum Gasteiger partial charge on any atom is 0.137 e. The van der Waals surface area contributed by atoms with Crippen LogP contribution in [0.15, 0.2) is 243 Å². The van der Waals surface area contributed by atoms with Crippen LogP contribution in [0.4, 0.5) is 17.2 Å². The average Bonchev–Trinajstić information content (AvgIpc) is 3.92. The summed E-state index contributed by atoms with van der Waals surface area (Å²) in [4.78, 5) is 7.26. The Morgan fingerprint density at radius 1 is 0.323 bits per heavy atom. The van der Waals surface area contributed by atoms with E-state index in [2.05, 4.69) is 245 Å². The van der Waals surface area contributed by atoms with E-state index < -0.39 is 0 Å². The summed E-state index contributed by atoms with van der Waals surface area (Å²) in [6.07, 6.45) is 1.88. The molecule has 0 amide bonds. The topological polar surface area (TPSA) is 26.0 Å². The standard InChI is InChI=1S/C61H40N4/c1-4-20-43(21-5-1)63(57-36-16-17-37-62-57)46-39-41(47-31-19-35-56-58(47)53-30-14-15-34-55(53)64(56)44-22-6-2-7-23-44)38-42(40-46)48-32-18-33-54-59-51-28-12-10-26-49(51)50-27-11-13-29-52(50)61(59)65(60(48)54)45-24-8-3-9-25-45/h1-40H. The fourth-order valence-electron chi connectivity index (χ4n) is 10.4. The Labute approximate surface area is 376 Å². The van der Waals surface area contributed by atoms with Crippen molar-refractivity contribution in [1.82, 2.24) is 14.1 Å². The van der Waals surface area contributed by atoms with Gasteiger partial charge in [0.2, 0.25) is 0 Å². The maximum atomic E-state index is 4.97. The highest BCUT2D eigenvalue weighted by Crippen LogP contribution is 2.48. The van der Waals surface area contributed by atoms with Crippen LogP contribution in [0.2, 0.25) is 0 Å². The minimum atomic E-state index is 0.843. The number of aromatic nitrogens is 3. The van der Waals surface area contributed by atoms with Gasteiger partial charge in [0.25, 0.3) is 0 Å². The van der Waals surface area contributed by atoms with Crippen molar-refractivity contribution in [2.75, 3.05) is 4.90 Å². The second-order valence-corrected chi connectivity index (χ2v) is 16.7. The lowest BCUT2D eigenvalue weighted by molar-refractivity contribution is 1.18. The molecule has 13 rings (SSSR count). The third-order valence-electron chi connectivity index (χ3n) is 13.1. The van der Waals surface area contributed by atoms with E-state index in [1.165, 1.54) is 65.2 Å². The van der Waals surface area contributed by atoms with Crippen molar-refractivity contribution < 1.29 is 0 Å². The second kappa shape index (κ2) is 15.0. The summed E-state index contributed by atoms with van der Waals surface area (Å²) in [6, 6.07) is 85.7. The Morgan fingerprint density at radius 2 is 0.862 bits per heavy atom. The van der Waals surface area contributed by atoms with E-state index in [4.69, 9.17) is 4.98 Å². The second-order valence-electron chi connectivity index (χ2n) is 16.7. The van der Waals surface area contributed by atoms with Gasteiger partial charge in [-0.05, 0) is 112 Å². The number of rotatable bonds is 7. The normalized spacial score (nSPS) is 11.7. The lowest BCUT2D eigenvalue weighted by atomic mass is 9.93. The van der Waals surface area contributed by atoms with Gasteiger partial charge in [-0.1, -0.05) is 158 Å². The van der Waals surface area contributed by atoms with Gasteiger partial charge in [0, 0.05) is 61.4 Å². The van der Waals surface area contributed by atoms with Crippen LogP contribution in [0.25, 0.3) is 98.8 Å². The quantitative estimate of drug-likeness (QED) is 0.150. The largest absolute Gasteiger partial charge is 0.309 e. The fraction of sp³-hybridized carbons (Fsp3) is 0. The molecule has 0 spiro atoms. The van der Waals surface area contributed by atoms with Crippen molar-refractivity contribution in [3.63, 3.8) is 0 Å². The van der Waals surface area contributed by atoms with Crippen LogP contribution in [0.3, 0.4) is 0 Å². The summed E-state index contributed by atoms with van der Waals surface area (Å²) in [6.45, 7) is 0. The first-order valence-electron chi connectivity index (χ1n) is 22.2. The van der Waals surface area contributed by atoms with Crippen LogP contribution in [0, 0.1) is 0 Å². The smallest absolute Gasteiger partial charge is 0.137 e. The first-order chi connectivity index (χ1) is 32.3. The summed E-state index contributed by atoms with van der Waals surface area (Å²) < 4.78 is 4.92. The molecule has 3 heterocycles. The van der Waals surface area contributed by atoms with Gasteiger partial charge in [-0.15, -0.1) is 0 Å². The molecule has 0 atom stereocenters. The predicted octanol–water partition coefficient (Wildman–Crippen LogP) is 16.4. The highest BCUT2D eigenvalue weighted by Gasteiger charge is 2.24. The molecule has 0 fully saturated rings. The highest BCUT2D eigenvalue weighted by atomic mass is 15.2. The molecular weight excluding hydrogens is 789 g/mol. The summed E-state index contributed by atoms with van der Waals surface area (Å²) in [5.41, 5.74) is 13.6. The average molecular weight is 829 g/mol. The Kier molecular flexibility index (Phi) is 8.50. The van der Waals surface area contributed by atoms with Gasteiger partial charge < -0.3 is 9.13 Å². The monoisotopic (exact) mass is 828 g/mol. The van der Waals surface area contributed by atoms with Gasteiger partial charge in [0.05, 0.1) is 22.1 Å².